The Kier molecular flexibility index (Phi) is 5.10. The standard InChI is InChI=1S/C17H12F2N2O3S2/c1-24-16(23)15(22)12-13(9-5-4-8(18)7-10(9)19)20-17(25)21-14(12)11-3-2-6-26-11/h2-7,13H,1H3,(H2,20,21,25)/t13-/m0/s1. The Balaban J connectivity index is 2.23. The van der Waals surface area contributed by atoms with E-state index in [1.54, 1.807) is 17.5 Å². The first-order valence-corrected chi connectivity index (χ1v) is 8.64. The molecule has 1 atom stereocenters. The van der Waals surface area contributed by atoms with Crippen molar-refractivity contribution in [1.82, 2.24) is 10.6 Å². The molecule has 1 aliphatic heterocycles. The van der Waals surface area contributed by atoms with Crippen molar-refractivity contribution in [3.8, 4) is 0 Å². The molecule has 0 fully saturated rings. The van der Waals surface area contributed by atoms with E-state index in [9.17, 15) is 18.4 Å². The van der Waals surface area contributed by atoms with Crippen LogP contribution in [0.2, 0.25) is 0 Å². The Hall–Kier alpha value is -2.65. The minimum Gasteiger partial charge on any atom is -0.463 e. The predicted molar refractivity (Wildman–Crippen MR) is 96.2 cm³/mol. The quantitative estimate of drug-likeness (QED) is 0.472. The van der Waals surface area contributed by atoms with Gasteiger partial charge in [0.05, 0.1) is 29.3 Å². The van der Waals surface area contributed by atoms with E-state index in [1.165, 1.54) is 17.4 Å². The number of carbonyl (C=O) groups excluding carboxylic acids is 2. The molecule has 26 heavy (non-hydrogen) atoms. The topological polar surface area (TPSA) is 67.4 Å². The predicted octanol–water partition coefficient (Wildman–Crippen LogP) is 2.70. The van der Waals surface area contributed by atoms with Crippen molar-refractivity contribution in [1.29, 1.82) is 0 Å². The van der Waals surface area contributed by atoms with E-state index in [0.29, 0.717) is 10.9 Å². The summed E-state index contributed by atoms with van der Waals surface area (Å²) < 4.78 is 32.2. The SMILES string of the molecule is COC(=O)C(=O)C1=C(c2cccs2)NC(=S)N[C@H]1c1ccc(F)cc1F. The average molecular weight is 394 g/mol. The zero-order valence-corrected chi connectivity index (χ0v) is 15.0. The van der Waals surface area contributed by atoms with Crippen LogP contribution in [-0.4, -0.2) is 24.0 Å². The van der Waals surface area contributed by atoms with Crippen LogP contribution in [0, 0.1) is 11.6 Å². The molecule has 5 nitrogen and oxygen atoms in total. The van der Waals surface area contributed by atoms with E-state index in [2.05, 4.69) is 15.4 Å². The second-order valence-electron chi connectivity index (χ2n) is 5.28. The van der Waals surface area contributed by atoms with Crippen LogP contribution >= 0.6 is 23.6 Å². The smallest absolute Gasteiger partial charge is 0.379 e. The number of hydrogen-bond donors (Lipinski definition) is 2. The Bertz CT molecular complexity index is 926. The molecule has 0 aliphatic carbocycles. The van der Waals surface area contributed by atoms with Gasteiger partial charge in [0.25, 0.3) is 5.78 Å². The van der Waals surface area contributed by atoms with E-state index >= 15 is 0 Å². The fourth-order valence-electron chi connectivity index (χ4n) is 2.60. The second-order valence-corrected chi connectivity index (χ2v) is 6.64. The second kappa shape index (κ2) is 7.30. The molecule has 9 heteroatoms. The maximum Gasteiger partial charge on any atom is 0.379 e. The highest BCUT2D eigenvalue weighted by Gasteiger charge is 2.37. The summed E-state index contributed by atoms with van der Waals surface area (Å²) in [5.41, 5.74) is 0.211. The number of ketones is 1. The number of carbonyl (C=O) groups is 2. The number of thiophene rings is 1. The molecule has 2 heterocycles. The highest BCUT2D eigenvalue weighted by Crippen LogP contribution is 2.34. The lowest BCUT2D eigenvalue weighted by atomic mass is 9.91. The number of esters is 1. The molecule has 0 bridgehead atoms. The summed E-state index contributed by atoms with van der Waals surface area (Å²) in [4.78, 5) is 25.2. The highest BCUT2D eigenvalue weighted by atomic mass is 32.1. The number of Topliss-reactive ketones (excluding diaryl/α,β-unsaturated/α-hetero) is 1. The third-order valence-electron chi connectivity index (χ3n) is 3.73. The Labute approximate surface area is 156 Å². The molecule has 2 N–H and O–H groups in total. The van der Waals surface area contributed by atoms with Crippen LogP contribution in [0.1, 0.15) is 16.5 Å². The lowest BCUT2D eigenvalue weighted by molar-refractivity contribution is -0.150. The minimum absolute atomic E-state index is 0.0171. The number of halogens is 2. The van der Waals surface area contributed by atoms with Crippen LogP contribution in [0.5, 0.6) is 0 Å². The van der Waals surface area contributed by atoms with Crippen molar-refractivity contribution in [2.45, 2.75) is 6.04 Å². The number of ether oxygens (including phenoxy) is 1. The molecular formula is C17H12F2N2O3S2. The van der Waals surface area contributed by atoms with Gasteiger partial charge in [-0.1, -0.05) is 12.1 Å². The molecule has 0 radical (unpaired) electrons. The lowest BCUT2D eigenvalue weighted by Gasteiger charge is -2.30. The van der Waals surface area contributed by atoms with Gasteiger partial charge in [-0.15, -0.1) is 11.3 Å². The van der Waals surface area contributed by atoms with Crippen molar-refractivity contribution in [3.05, 3.63) is 63.4 Å². The van der Waals surface area contributed by atoms with Crippen LogP contribution in [0.15, 0.2) is 41.3 Å². The van der Waals surface area contributed by atoms with Crippen molar-refractivity contribution < 1.29 is 23.1 Å². The summed E-state index contributed by atoms with van der Waals surface area (Å²) in [7, 11) is 1.08. The first-order valence-electron chi connectivity index (χ1n) is 7.35. The molecular weight excluding hydrogens is 382 g/mol. The number of rotatable bonds is 4. The van der Waals surface area contributed by atoms with E-state index in [0.717, 1.165) is 13.2 Å². The largest absolute Gasteiger partial charge is 0.463 e. The van der Waals surface area contributed by atoms with Gasteiger partial charge < -0.3 is 15.4 Å². The fourth-order valence-corrected chi connectivity index (χ4v) is 3.56. The minimum atomic E-state index is -1.10. The zero-order chi connectivity index (χ0) is 18.8. The summed E-state index contributed by atoms with van der Waals surface area (Å²) in [6, 6.07) is 5.38. The number of thiocarbonyl (C=S) groups is 1. The van der Waals surface area contributed by atoms with Gasteiger partial charge >= 0.3 is 5.97 Å². The molecule has 0 spiro atoms. The summed E-state index contributed by atoms with van der Waals surface area (Å²) in [6.07, 6.45) is 0. The lowest BCUT2D eigenvalue weighted by Crippen LogP contribution is -2.46. The Morgan fingerprint density at radius 2 is 2.04 bits per heavy atom. The number of methoxy groups -OCH3 is 1. The van der Waals surface area contributed by atoms with Crippen LogP contribution in [-0.2, 0) is 14.3 Å². The van der Waals surface area contributed by atoms with Crippen LogP contribution in [0.25, 0.3) is 5.70 Å². The third kappa shape index (κ3) is 3.35. The van der Waals surface area contributed by atoms with Gasteiger partial charge in [-0.3, -0.25) is 4.79 Å². The first kappa shape index (κ1) is 18.2. The van der Waals surface area contributed by atoms with Crippen molar-refractivity contribution >= 4 is 46.1 Å². The van der Waals surface area contributed by atoms with E-state index in [4.69, 9.17) is 12.2 Å². The normalized spacial score (nSPS) is 16.7. The molecule has 3 rings (SSSR count). The van der Waals surface area contributed by atoms with Crippen molar-refractivity contribution in [2.75, 3.05) is 7.11 Å². The molecule has 1 aromatic carbocycles. The summed E-state index contributed by atoms with van der Waals surface area (Å²) >= 11 is 6.47. The first-order chi connectivity index (χ1) is 12.4. The fraction of sp³-hybridized carbons (Fsp3) is 0.118. The summed E-state index contributed by atoms with van der Waals surface area (Å²) in [6.45, 7) is 0. The monoisotopic (exact) mass is 394 g/mol. The summed E-state index contributed by atoms with van der Waals surface area (Å²) in [5, 5.41) is 7.54. The molecule has 1 aromatic heterocycles. The van der Waals surface area contributed by atoms with E-state index in [-0.39, 0.29) is 21.9 Å². The maximum atomic E-state index is 14.4. The van der Waals surface area contributed by atoms with Gasteiger partial charge in [0.15, 0.2) is 5.11 Å². The van der Waals surface area contributed by atoms with Gasteiger partial charge in [0, 0.05) is 11.6 Å². The molecule has 134 valence electrons. The molecule has 0 saturated carbocycles. The summed E-state index contributed by atoms with van der Waals surface area (Å²) in [5.74, 6) is -3.68. The van der Waals surface area contributed by atoms with Crippen molar-refractivity contribution in [3.63, 3.8) is 0 Å². The molecule has 0 amide bonds. The van der Waals surface area contributed by atoms with Crippen molar-refractivity contribution in [2.24, 2.45) is 0 Å². The van der Waals surface area contributed by atoms with Crippen LogP contribution in [0.4, 0.5) is 8.78 Å². The number of nitrogens with one attached hydrogen (secondary N) is 2. The van der Waals surface area contributed by atoms with E-state index < -0.39 is 29.4 Å². The average Bonchev–Trinajstić information content (AvgIpc) is 3.14. The molecule has 0 unspecified atom stereocenters. The van der Waals surface area contributed by atoms with E-state index in [1.807, 2.05) is 0 Å². The van der Waals surface area contributed by atoms with Crippen LogP contribution < -0.4 is 10.6 Å². The number of benzene rings is 1. The molecule has 2 aromatic rings. The number of hydrogen-bond acceptors (Lipinski definition) is 5. The third-order valence-corrected chi connectivity index (χ3v) is 4.84. The van der Waals surface area contributed by atoms with Crippen LogP contribution in [0.3, 0.4) is 0 Å². The van der Waals surface area contributed by atoms with Gasteiger partial charge in [-0.05, 0) is 29.7 Å². The maximum absolute atomic E-state index is 14.4. The Morgan fingerprint density at radius 1 is 1.27 bits per heavy atom. The van der Waals surface area contributed by atoms with Gasteiger partial charge in [0.2, 0.25) is 0 Å². The zero-order valence-electron chi connectivity index (χ0n) is 13.3. The van der Waals surface area contributed by atoms with Gasteiger partial charge in [0.1, 0.15) is 11.6 Å². The molecule has 1 aliphatic rings. The van der Waals surface area contributed by atoms with Gasteiger partial charge in [-0.2, -0.15) is 0 Å². The Morgan fingerprint density at radius 3 is 2.65 bits per heavy atom. The highest BCUT2D eigenvalue weighted by molar-refractivity contribution is 7.80. The van der Waals surface area contributed by atoms with Gasteiger partial charge in [-0.25, -0.2) is 13.6 Å². The molecule has 0 saturated heterocycles.